The molecule has 0 spiro atoms. The van der Waals surface area contributed by atoms with E-state index in [4.69, 9.17) is 9.47 Å². The molecule has 18 heavy (non-hydrogen) atoms. The van der Waals surface area contributed by atoms with Gasteiger partial charge in [0.25, 0.3) is 0 Å². The van der Waals surface area contributed by atoms with Crippen LogP contribution in [0.25, 0.3) is 0 Å². The first-order chi connectivity index (χ1) is 8.95. The standard InChI is InChI=1S/C16H14O2/c1-2-8-14(16-10-4-6-12-18-16)13(7-1)15-9-3-5-11-17-15/h1-12,15-16H. The lowest BCUT2D eigenvalue weighted by molar-refractivity contribution is 0.166. The Balaban J connectivity index is 1.94. The van der Waals surface area contributed by atoms with Gasteiger partial charge in [-0.15, -0.1) is 0 Å². The van der Waals surface area contributed by atoms with Crippen molar-refractivity contribution in [2.45, 2.75) is 12.2 Å². The van der Waals surface area contributed by atoms with Crippen LogP contribution >= 0.6 is 0 Å². The third-order valence-corrected chi connectivity index (χ3v) is 3.01. The van der Waals surface area contributed by atoms with Crippen molar-refractivity contribution in [3.63, 3.8) is 0 Å². The normalized spacial score (nSPS) is 24.7. The molecule has 2 nitrogen and oxygen atoms in total. The summed E-state index contributed by atoms with van der Waals surface area (Å²) in [7, 11) is 0. The van der Waals surface area contributed by atoms with E-state index in [1.165, 1.54) is 0 Å². The van der Waals surface area contributed by atoms with Crippen molar-refractivity contribution in [3.05, 3.63) is 84.4 Å². The van der Waals surface area contributed by atoms with Gasteiger partial charge in [0.15, 0.2) is 0 Å². The molecule has 2 aliphatic heterocycles. The monoisotopic (exact) mass is 238 g/mol. The lowest BCUT2D eigenvalue weighted by atomic mass is 9.96. The number of hydrogen-bond donors (Lipinski definition) is 0. The Hall–Kier alpha value is -2.22. The highest BCUT2D eigenvalue weighted by molar-refractivity contribution is 5.37. The largest absolute Gasteiger partial charge is 0.489 e. The van der Waals surface area contributed by atoms with Gasteiger partial charge in [0.2, 0.25) is 0 Å². The Kier molecular flexibility index (Phi) is 3.01. The SMILES string of the molecule is C1=COC(c2ccccc2C2C=CC=CO2)C=C1. The molecular formula is C16H14O2. The molecule has 0 bridgehead atoms. The molecule has 0 radical (unpaired) electrons. The van der Waals surface area contributed by atoms with Crippen LogP contribution in [0.2, 0.25) is 0 Å². The molecule has 2 atom stereocenters. The van der Waals surface area contributed by atoms with Gasteiger partial charge in [0, 0.05) is 11.1 Å². The molecule has 2 unspecified atom stereocenters. The van der Waals surface area contributed by atoms with Crippen molar-refractivity contribution in [1.29, 1.82) is 0 Å². The van der Waals surface area contributed by atoms with Crippen molar-refractivity contribution in [2.24, 2.45) is 0 Å². The zero-order valence-corrected chi connectivity index (χ0v) is 9.90. The first kappa shape index (κ1) is 10.9. The summed E-state index contributed by atoms with van der Waals surface area (Å²) < 4.78 is 11.3. The molecule has 0 aromatic heterocycles. The van der Waals surface area contributed by atoms with Gasteiger partial charge < -0.3 is 9.47 Å². The summed E-state index contributed by atoms with van der Waals surface area (Å²) in [5.74, 6) is 0. The van der Waals surface area contributed by atoms with Crippen LogP contribution in [0.5, 0.6) is 0 Å². The summed E-state index contributed by atoms with van der Waals surface area (Å²) >= 11 is 0. The maximum Gasteiger partial charge on any atom is 0.142 e. The first-order valence-corrected chi connectivity index (χ1v) is 6.01. The lowest BCUT2D eigenvalue weighted by Gasteiger charge is -2.23. The number of rotatable bonds is 2. The molecule has 1 aromatic rings. The second-order valence-electron chi connectivity index (χ2n) is 4.17. The molecule has 90 valence electrons. The van der Waals surface area contributed by atoms with E-state index >= 15 is 0 Å². The van der Waals surface area contributed by atoms with Gasteiger partial charge in [-0.3, -0.25) is 0 Å². The number of benzene rings is 1. The molecular weight excluding hydrogens is 224 g/mol. The van der Waals surface area contributed by atoms with E-state index in [9.17, 15) is 0 Å². The van der Waals surface area contributed by atoms with Crippen LogP contribution in [-0.2, 0) is 9.47 Å². The highest BCUT2D eigenvalue weighted by atomic mass is 16.5. The van der Waals surface area contributed by atoms with Crippen LogP contribution in [-0.4, -0.2) is 0 Å². The van der Waals surface area contributed by atoms with Crippen LogP contribution in [0.3, 0.4) is 0 Å². The predicted octanol–water partition coefficient (Wildman–Crippen LogP) is 3.97. The van der Waals surface area contributed by atoms with Crippen molar-refractivity contribution < 1.29 is 9.47 Å². The molecule has 2 heterocycles. The van der Waals surface area contributed by atoms with Crippen LogP contribution in [0.15, 0.2) is 73.2 Å². The minimum Gasteiger partial charge on any atom is -0.489 e. The second kappa shape index (κ2) is 4.96. The van der Waals surface area contributed by atoms with Crippen molar-refractivity contribution >= 4 is 0 Å². The molecule has 0 amide bonds. The van der Waals surface area contributed by atoms with E-state index in [2.05, 4.69) is 12.1 Å². The van der Waals surface area contributed by atoms with Gasteiger partial charge in [-0.05, 0) is 24.3 Å². The second-order valence-corrected chi connectivity index (χ2v) is 4.17. The molecule has 2 heteroatoms. The Bertz CT molecular complexity index is 489. The van der Waals surface area contributed by atoms with E-state index in [1.807, 2.05) is 48.6 Å². The highest BCUT2D eigenvalue weighted by Gasteiger charge is 2.19. The summed E-state index contributed by atoms with van der Waals surface area (Å²) in [4.78, 5) is 0. The summed E-state index contributed by atoms with van der Waals surface area (Å²) in [5, 5.41) is 0. The highest BCUT2D eigenvalue weighted by Crippen LogP contribution is 2.32. The zero-order chi connectivity index (χ0) is 12.2. The number of hydrogen-bond acceptors (Lipinski definition) is 2. The number of allylic oxidation sites excluding steroid dienone is 4. The predicted molar refractivity (Wildman–Crippen MR) is 70.7 cm³/mol. The van der Waals surface area contributed by atoms with E-state index in [0.717, 1.165) is 11.1 Å². The van der Waals surface area contributed by atoms with E-state index in [1.54, 1.807) is 12.5 Å². The fourth-order valence-corrected chi connectivity index (χ4v) is 2.15. The first-order valence-electron chi connectivity index (χ1n) is 6.01. The minimum atomic E-state index is -0.0332. The summed E-state index contributed by atoms with van der Waals surface area (Å²) in [6.07, 6.45) is 15.2. The van der Waals surface area contributed by atoms with Crippen molar-refractivity contribution in [3.8, 4) is 0 Å². The Morgan fingerprint density at radius 1 is 0.667 bits per heavy atom. The minimum absolute atomic E-state index is 0.0332. The molecule has 0 saturated carbocycles. The van der Waals surface area contributed by atoms with E-state index in [-0.39, 0.29) is 12.2 Å². The Labute approximate surface area is 107 Å². The van der Waals surface area contributed by atoms with Crippen molar-refractivity contribution in [1.82, 2.24) is 0 Å². The lowest BCUT2D eigenvalue weighted by Crippen LogP contribution is -2.08. The average Bonchev–Trinajstić information content (AvgIpc) is 2.49. The third kappa shape index (κ3) is 2.09. The Morgan fingerprint density at radius 3 is 1.56 bits per heavy atom. The van der Waals surface area contributed by atoms with Crippen LogP contribution in [0.1, 0.15) is 23.3 Å². The maximum atomic E-state index is 5.63. The van der Waals surface area contributed by atoms with Gasteiger partial charge in [0.1, 0.15) is 12.2 Å². The number of ether oxygens (including phenoxy) is 2. The molecule has 3 rings (SSSR count). The maximum absolute atomic E-state index is 5.63. The zero-order valence-electron chi connectivity index (χ0n) is 9.90. The van der Waals surface area contributed by atoms with E-state index < -0.39 is 0 Å². The van der Waals surface area contributed by atoms with Gasteiger partial charge in [-0.25, -0.2) is 0 Å². The molecule has 2 aliphatic rings. The quantitative estimate of drug-likeness (QED) is 0.776. The van der Waals surface area contributed by atoms with Gasteiger partial charge in [-0.1, -0.05) is 36.4 Å². The van der Waals surface area contributed by atoms with E-state index in [0.29, 0.717) is 0 Å². The molecule has 1 aromatic carbocycles. The molecule has 0 fully saturated rings. The van der Waals surface area contributed by atoms with Crippen molar-refractivity contribution in [2.75, 3.05) is 0 Å². The van der Waals surface area contributed by atoms with Crippen LogP contribution in [0, 0.1) is 0 Å². The van der Waals surface area contributed by atoms with Crippen LogP contribution in [0.4, 0.5) is 0 Å². The fraction of sp³-hybridized carbons (Fsp3) is 0.125. The Morgan fingerprint density at radius 2 is 1.17 bits per heavy atom. The average molecular weight is 238 g/mol. The fourth-order valence-electron chi connectivity index (χ4n) is 2.15. The molecule has 0 saturated heterocycles. The summed E-state index contributed by atoms with van der Waals surface area (Å²) in [6.45, 7) is 0. The van der Waals surface area contributed by atoms with Crippen LogP contribution < -0.4 is 0 Å². The smallest absolute Gasteiger partial charge is 0.142 e. The van der Waals surface area contributed by atoms with Gasteiger partial charge in [0.05, 0.1) is 12.5 Å². The topological polar surface area (TPSA) is 18.5 Å². The third-order valence-electron chi connectivity index (χ3n) is 3.01. The summed E-state index contributed by atoms with van der Waals surface area (Å²) in [6, 6.07) is 8.21. The molecule has 0 aliphatic carbocycles. The van der Waals surface area contributed by atoms with Gasteiger partial charge in [-0.2, -0.15) is 0 Å². The molecule has 0 N–H and O–H groups in total. The summed E-state index contributed by atoms with van der Waals surface area (Å²) in [5.41, 5.74) is 2.28. The van der Waals surface area contributed by atoms with Gasteiger partial charge >= 0.3 is 0 Å².